The van der Waals surface area contributed by atoms with Gasteiger partial charge in [-0.05, 0) is 45.3 Å². The average molecular weight is 1170 g/mol. The van der Waals surface area contributed by atoms with Crippen molar-refractivity contribution in [2.45, 2.75) is 236 Å². The molecule has 0 aromatic rings. The minimum absolute atomic E-state index is 0. The van der Waals surface area contributed by atoms with Crippen LogP contribution in [0.2, 0.25) is 52.4 Å². The van der Waals surface area contributed by atoms with E-state index >= 15 is 0 Å². The van der Waals surface area contributed by atoms with E-state index in [1.807, 2.05) is 111 Å². The van der Waals surface area contributed by atoms with Crippen molar-refractivity contribution in [1.29, 1.82) is 0 Å². The predicted octanol–water partition coefficient (Wildman–Crippen LogP) is 16.5. The van der Waals surface area contributed by atoms with Gasteiger partial charge >= 0.3 is 65.4 Å². The topological polar surface area (TPSA) is 153 Å². The van der Waals surface area contributed by atoms with E-state index in [0.29, 0.717) is 26.2 Å². The average Bonchev–Trinajstić information content (AvgIpc) is 3.06. The van der Waals surface area contributed by atoms with Gasteiger partial charge in [-0.15, -0.1) is 26.2 Å². The Bertz CT molecular complexity index is 1100. The van der Waals surface area contributed by atoms with Crippen LogP contribution in [-0.4, -0.2) is 107 Å². The standard InChI is InChI=1S/2C17H38N2O2P2.2C4H14NSi2.2Y/c2*1-13(2)22(20,14(3)4)18-11-17(9,10)12-19-23(21,15(5)6)16(7)8;2*1-6(2)5-7(3)4;;/h2*13-16H,11-12H2,1-10H3;2*6-7H,1-4H3;;/q2*-2;2*-1;2*+3. The van der Waals surface area contributed by atoms with Gasteiger partial charge in [0, 0.05) is 29.2 Å². The maximum atomic E-state index is 13.0. The minimum atomic E-state index is -2.55. The normalized spacial score (nSPS) is 13.3. The fourth-order valence-electron chi connectivity index (χ4n) is 6.19. The first-order valence-electron chi connectivity index (χ1n) is 23.2. The summed E-state index contributed by atoms with van der Waals surface area (Å²) in [5.74, 6) is 0. The summed E-state index contributed by atoms with van der Waals surface area (Å²) in [4.78, 5) is 0. The zero-order chi connectivity index (χ0) is 49.0. The van der Waals surface area contributed by atoms with Crippen LogP contribution in [0.5, 0.6) is 0 Å². The fourth-order valence-corrected chi connectivity index (χ4v) is 25.5. The first kappa shape index (κ1) is 77.2. The van der Waals surface area contributed by atoms with Gasteiger partial charge in [0.25, 0.3) is 0 Å². The summed E-state index contributed by atoms with van der Waals surface area (Å²) >= 11 is 0. The summed E-state index contributed by atoms with van der Waals surface area (Å²) in [5.41, 5.74) is 0.0546. The number of hydrogen-bond donors (Lipinski definition) is 0. The van der Waals surface area contributed by atoms with Crippen molar-refractivity contribution in [3.8, 4) is 0 Å². The van der Waals surface area contributed by atoms with E-state index in [0.717, 1.165) is 0 Å². The zero-order valence-corrected chi connectivity index (χ0v) is 59.9. The molecule has 0 unspecified atom stereocenters. The molecule has 0 spiro atoms. The molecule has 10 nitrogen and oxygen atoms in total. The van der Waals surface area contributed by atoms with Crippen LogP contribution in [-0.2, 0) is 83.7 Å². The van der Waals surface area contributed by atoms with Gasteiger partial charge in [0.05, 0.1) is 0 Å². The molecule has 0 aliphatic heterocycles. The van der Waals surface area contributed by atoms with Gasteiger partial charge in [0.2, 0.25) is 0 Å². The third-order valence-electron chi connectivity index (χ3n) is 9.99. The van der Waals surface area contributed by atoms with Crippen LogP contribution in [0, 0.1) is 10.8 Å². The summed E-state index contributed by atoms with van der Waals surface area (Å²) in [5, 5.41) is 18.5. The van der Waals surface area contributed by atoms with Gasteiger partial charge in [-0.2, -0.15) is 0 Å². The van der Waals surface area contributed by atoms with E-state index in [2.05, 4.69) is 110 Å². The van der Waals surface area contributed by atoms with Crippen molar-refractivity contribution in [3.05, 3.63) is 29.6 Å². The molecule has 62 heavy (non-hydrogen) atoms. The molecule has 0 N–H and O–H groups in total. The minimum Gasteiger partial charge on any atom is -0.672 e. The van der Waals surface area contributed by atoms with Crippen molar-refractivity contribution in [2.75, 3.05) is 26.2 Å². The Morgan fingerprint density at radius 3 is 0.500 bits per heavy atom. The SMILES string of the molecule is CC(C)P(=O)([N-]CC(C)(C)C[N-]P(=O)(C(C)C)C(C)C)C(C)C.CC(C)P(=O)([N-]CC(C)(C)C[N-]P(=O)(C(C)C)C(C)C)C(C)C.C[SiH](C)[N-][SiH](C)C.C[SiH](C)[N-][SiH](C)C.[Y+3].[Y+3]. The molecule has 0 fully saturated rings. The van der Waals surface area contributed by atoms with Gasteiger partial charge in [0.15, 0.2) is 0 Å². The van der Waals surface area contributed by atoms with Crippen LogP contribution in [0.3, 0.4) is 0 Å². The van der Waals surface area contributed by atoms with E-state index in [1.165, 1.54) is 0 Å². The molecule has 0 atom stereocenters. The summed E-state index contributed by atoms with van der Waals surface area (Å²) < 4.78 is 61.2. The number of rotatable bonds is 24. The molecule has 0 amide bonds. The third-order valence-corrected chi connectivity index (χ3v) is 33.7. The van der Waals surface area contributed by atoms with Gasteiger partial charge < -0.3 is 47.9 Å². The molecular weight excluding hydrogens is 1070 g/mol. The molecule has 368 valence electrons. The van der Waals surface area contributed by atoms with Gasteiger partial charge in [0.1, 0.15) is 0 Å². The molecule has 0 aromatic carbocycles. The summed E-state index contributed by atoms with van der Waals surface area (Å²) in [6.45, 7) is 60.1. The third kappa shape index (κ3) is 32.6. The Morgan fingerprint density at radius 1 is 0.323 bits per heavy atom. The molecule has 0 saturated carbocycles. The van der Waals surface area contributed by atoms with E-state index in [1.54, 1.807) is 0 Å². The van der Waals surface area contributed by atoms with Crippen LogP contribution >= 0.6 is 29.2 Å². The second-order valence-corrected chi connectivity index (χ2v) is 47.5. The fraction of sp³-hybridized carbons (Fsp3) is 1.00. The summed E-state index contributed by atoms with van der Waals surface area (Å²) in [7, 11) is -12.4. The van der Waals surface area contributed by atoms with E-state index < -0.39 is 65.0 Å². The largest absolute Gasteiger partial charge is 3.00 e. The number of nitrogens with zero attached hydrogens (tertiary/aromatic N) is 6. The van der Waals surface area contributed by atoms with Crippen molar-refractivity contribution in [3.63, 3.8) is 0 Å². The maximum Gasteiger partial charge on any atom is 3.00 e. The molecule has 0 rings (SSSR count). The molecule has 0 aliphatic carbocycles. The first-order valence-corrected chi connectivity index (χ1v) is 41.7. The van der Waals surface area contributed by atoms with Gasteiger partial charge in [-0.3, -0.25) is 0 Å². The second-order valence-electron chi connectivity index (χ2n) is 21.6. The Hall–Kier alpha value is 3.76. The van der Waals surface area contributed by atoms with Gasteiger partial charge in [-0.1, -0.05) is 238 Å². The van der Waals surface area contributed by atoms with E-state index in [9.17, 15) is 18.3 Å². The van der Waals surface area contributed by atoms with Crippen LogP contribution in [0.15, 0.2) is 0 Å². The van der Waals surface area contributed by atoms with Crippen molar-refractivity contribution in [2.24, 2.45) is 10.8 Å². The maximum absolute atomic E-state index is 13.0. The predicted molar refractivity (Wildman–Crippen MR) is 294 cm³/mol. The molecule has 20 heteroatoms. The van der Waals surface area contributed by atoms with Crippen LogP contribution in [0.1, 0.15) is 138 Å². The van der Waals surface area contributed by atoms with Crippen LogP contribution < -0.4 is 0 Å². The molecule has 0 heterocycles. The molecular formula is C42H104N6O4P4Si4Y2. The molecule has 0 aromatic heterocycles. The molecule has 0 aliphatic rings. The van der Waals surface area contributed by atoms with E-state index in [-0.39, 0.29) is 122 Å². The Morgan fingerprint density at radius 2 is 0.435 bits per heavy atom. The number of hydrogen-bond acceptors (Lipinski definition) is 4. The quantitative estimate of drug-likeness (QED) is 0.0697. The van der Waals surface area contributed by atoms with Crippen molar-refractivity contribution in [1.82, 2.24) is 0 Å². The van der Waals surface area contributed by atoms with Crippen molar-refractivity contribution < 1.29 is 83.7 Å². The van der Waals surface area contributed by atoms with E-state index in [4.69, 9.17) is 0 Å². The summed E-state index contributed by atoms with van der Waals surface area (Å²) in [6, 6.07) is 0. The Labute approximate surface area is 446 Å². The van der Waals surface area contributed by atoms with Crippen molar-refractivity contribution >= 4 is 65.0 Å². The second kappa shape index (κ2) is 35.8. The van der Waals surface area contributed by atoms with Gasteiger partial charge in [-0.25, -0.2) is 0 Å². The van der Waals surface area contributed by atoms with Crippen LogP contribution in [0.25, 0.3) is 29.6 Å². The molecule has 0 saturated heterocycles. The zero-order valence-electron chi connectivity index (χ0n) is 46.0. The first-order chi connectivity index (χ1) is 26.6. The summed E-state index contributed by atoms with van der Waals surface area (Å²) in [6.07, 6.45) is 0. The molecule has 0 bridgehead atoms. The monoisotopic (exact) mass is 1170 g/mol. The Kier molecular flexibility index (Phi) is 44.6. The van der Waals surface area contributed by atoms with Crippen LogP contribution in [0.4, 0.5) is 0 Å². The smallest absolute Gasteiger partial charge is 0.672 e. The Balaban J connectivity index is -0.000000188. The molecule has 0 radical (unpaired) electrons.